The van der Waals surface area contributed by atoms with Gasteiger partial charge in [0.1, 0.15) is 11.7 Å². The molecular weight excluding hydrogens is 390 g/mol. The Kier molecular flexibility index (Phi) is 5.90. The third-order valence-electron chi connectivity index (χ3n) is 5.28. The minimum Gasteiger partial charge on any atom is -0.384 e. The maximum Gasteiger partial charge on any atom is 0.253 e. The molecule has 0 unspecified atom stereocenters. The molecule has 4 rings (SSSR count). The van der Waals surface area contributed by atoms with Gasteiger partial charge in [-0.25, -0.2) is 4.99 Å². The van der Waals surface area contributed by atoms with E-state index in [0.717, 1.165) is 37.3 Å². The maximum atomic E-state index is 12.7. The van der Waals surface area contributed by atoms with Crippen molar-refractivity contribution in [1.29, 1.82) is 5.41 Å². The lowest BCUT2D eigenvalue weighted by Crippen LogP contribution is -2.46. The fraction of sp³-hybridized carbons (Fsp3) is 0.217. The Bertz CT molecular complexity index is 1060. The lowest BCUT2D eigenvalue weighted by molar-refractivity contribution is 0.0736. The van der Waals surface area contributed by atoms with E-state index in [1.54, 1.807) is 18.5 Å². The van der Waals surface area contributed by atoms with Gasteiger partial charge in [-0.3, -0.25) is 15.2 Å². The summed E-state index contributed by atoms with van der Waals surface area (Å²) < 4.78 is 0. The van der Waals surface area contributed by atoms with E-state index in [1.807, 2.05) is 59.4 Å². The zero-order chi connectivity index (χ0) is 21.8. The molecule has 0 aliphatic carbocycles. The van der Waals surface area contributed by atoms with E-state index in [-0.39, 0.29) is 11.7 Å². The number of hydrogen-bond acceptors (Lipinski definition) is 6. The highest BCUT2D eigenvalue weighted by Gasteiger charge is 2.20. The Morgan fingerprint density at radius 3 is 2.48 bits per heavy atom. The summed E-state index contributed by atoms with van der Waals surface area (Å²) in [5.41, 5.74) is 9.45. The Balaban J connectivity index is 1.56. The fourth-order valence-corrected chi connectivity index (χ4v) is 3.65. The van der Waals surface area contributed by atoms with E-state index in [2.05, 4.69) is 15.3 Å². The lowest BCUT2D eigenvalue weighted by Gasteiger charge is -2.27. The van der Waals surface area contributed by atoms with E-state index in [4.69, 9.17) is 11.1 Å². The standard InChI is InChI=1S/C23H25N7O/c1-29-15-18(14-28-22(29)20(21(24)25)19-4-2-3-9-27-19)16-5-7-17(8-6-16)23(31)30-12-10-26-11-13-30/h2-9,14-15,26H,10-13H2,1H3,(H3,24,25)/b22-20-. The number of hydrogen-bond donors (Lipinski definition) is 3. The van der Waals surface area contributed by atoms with Gasteiger partial charge in [0.05, 0.1) is 11.3 Å². The Morgan fingerprint density at radius 1 is 1.13 bits per heavy atom. The van der Waals surface area contributed by atoms with E-state index in [9.17, 15) is 4.79 Å². The Morgan fingerprint density at radius 2 is 1.87 bits per heavy atom. The molecule has 0 saturated carbocycles. The minimum absolute atomic E-state index is 0.0585. The molecule has 2 aromatic rings. The highest BCUT2D eigenvalue weighted by atomic mass is 16.2. The average Bonchev–Trinajstić information content (AvgIpc) is 2.81. The number of carbonyl (C=O) groups excluding carboxylic acids is 1. The number of rotatable bonds is 4. The summed E-state index contributed by atoms with van der Waals surface area (Å²) in [6, 6.07) is 13.0. The number of nitrogens with two attached hydrogens (primary N) is 1. The number of pyridine rings is 1. The molecule has 0 bridgehead atoms. The molecule has 4 N–H and O–H groups in total. The largest absolute Gasteiger partial charge is 0.384 e. The summed E-state index contributed by atoms with van der Waals surface area (Å²) in [4.78, 5) is 25.2. The monoisotopic (exact) mass is 415 g/mol. The summed E-state index contributed by atoms with van der Waals surface area (Å²) >= 11 is 0. The molecule has 8 nitrogen and oxygen atoms in total. The van der Waals surface area contributed by atoms with Crippen LogP contribution in [0.5, 0.6) is 0 Å². The molecule has 0 atom stereocenters. The smallest absolute Gasteiger partial charge is 0.253 e. The third kappa shape index (κ3) is 4.39. The highest BCUT2D eigenvalue weighted by molar-refractivity contribution is 6.21. The molecule has 0 spiro atoms. The number of amidine groups is 1. The number of amides is 1. The fourth-order valence-electron chi connectivity index (χ4n) is 3.65. The highest BCUT2D eigenvalue weighted by Crippen LogP contribution is 2.26. The summed E-state index contributed by atoms with van der Waals surface area (Å²) in [5.74, 6) is 0.522. The number of carbonyl (C=O) groups is 1. The van der Waals surface area contributed by atoms with Gasteiger partial charge in [0.15, 0.2) is 0 Å². The first-order valence-corrected chi connectivity index (χ1v) is 10.1. The first-order chi connectivity index (χ1) is 15.0. The van der Waals surface area contributed by atoms with Gasteiger partial charge in [-0.15, -0.1) is 0 Å². The first kappa shape index (κ1) is 20.5. The normalized spacial score (nSPS) is 17.9. The summed E-state index contributed by atoms with van der Waals surface area (Å²) in [7, 11) is 1.86. The van der Waals surface area contributed by atoms with Crippen LogP contribution in [0.4, 0.5) is 0 Å². The van der Waals surface area contributed by atoms with Gasteiger partial charge in [0.25, 0.3) is 5.91 Å². The van der Waals surface area contributed by atoms with Crippen molar-refractivity contribution in [2.45, 2.75) is 0 Å². The Hall–Kier alpha value is -3.78. The second kappa shape index (κ2) is 8.93. The molecule has 1 aromatic heterocycles. The molecular formula is C23H25N7O. The molecule has 1 fully saturated rings. The van der Waals surface area contributed by atoms with E-state index < -0.39 is 0 Å². The van der Waals surface area contributed by atoms with Crippen molar-refractivity contribution in [3.63, 3.8) is 0 Å². The van der Waals surface area contributed by atoms with Crippen LogP contribution in [0.15, 0.2) is 65.7 Å². The quantitative estimate of drug-likeness (QED) is 0.521. The second-order valence-corrected chi connectivity index (χ2v) is 7.40. The molecule has 31 heavy (non-hydrogen) atoms. The minimum atomic E-state index is -0.0923. The van der Waals surface area contributed by atoms with Gasteiger partial charge in [-0.1, -0.05) is 18.2 Å². The molecule has 158 valence electrons. The zero-order valence-electron chi connectivity index (χ0n) is 17.4. The molecule has 1 saturated heterocycles. The van der Waals surface area contributed by atoms with E-state index >= 15 is 0 Å². The summed E-state index contributed by atoms with van der Waals surface area (Å²) in [6.45, 7) is 3.12. The number of allylic oxidation sites excluding steroid dienone is 1. The van der Waals surface area contributed by atoms with Crippen LogP contribution in [0.25, 0.3) is 11.1 Å². The second-order valence-electron chi connectivity index (χ2n) is 7.40. The summed E-state index contributed by atoms with van der Waals surface area (Å²) in [6.07, 6.45) is 5.34. The van der Waals surface area contributed by atoms with Crippen LogP contribution in [0.2, 0.25) is 0 Å². The average molecular weight is 416 g/mol. The molecule has 2 aliphatic rings. The van der Waals surface area contributed by atoms with Gasteiger partial charge in [0.2, 0.25) is 0 Å². The number of aromatic nitrogens is 1. The first-order valence-electron chi connectivity index (χ1n) is 10.1. The van der Waals surface area contributed by atoms with E-state index in [1.165, 1.54) is 0 Å². The van der Waals surface area contributed by atoms with Crippen molar-refractivity contribution in [2.75, 3.05) is 33.2 Å². The third-order valence-corrected chi connectivity index (χ3v) is 5.28. The van der Waals surface area contributed by atoms with Gasteiger partial charge >= 0.3 is 0 Å². The van der Waals surface area contributed by atoms with Gasteiger partial charge in [-0.2, -0.15) is 0 Å². The van der Waals surface area contributed by atoms with Crippen molar-refractivity contribution < 1.29 is 4.79 Å². The zero-order valence-corrected chi connectivity index (χ0v) is 17.4. The SMILES string of the molecule is CN1C=C(c2ccc(C(=O)N3CCNCC3)cc2)C=N/C1=C(/C(=N)N)c1ccccn1. The van der Waals surface area contributed by atoms with Crippen LogP contribution in [0.1, 0.15) is 21.6 Å². The lowest BCUT2D eigenvalue weighted by atomic mass is 10.0. The number of aliphatic imine (C=N–C) groups is 1. The van der Waals surface area contributed by atoms with Crippen molar-refractivity contribution in [3.05, 3.63) is 77.5 Å². The number of benzene rings is 1. The topological polar surface area (TPSA) is 111 Å². The predicted molar refractivity (Wildman–Crippen MR) is 123 cm³/mol. The Labute approximate surface area is 181 Å². The molecule has 1 amide bonds. The molecule has 0 radical (unpaired) electrons. The van der Waals surface area contributed by atoms with Crippen molar-refractivity contribution in [3.8, 4) is 0 Å². The number of nitrogens with zero attached hydrogens (tertiary/aromatic N) is 4. The number of piperazine rings is 1. The van der Waals surface area contributed by atoms with Crippen molar-refractivity contribution in [1.82, 2.24) is 20.1 Å². The van der Waals surface area contributed by atoms with Crippen LogP contribution < -0.4 is 11.1 Å². The van der Waals surface area contributed by atoms with Crippen molar-refractivity contribution >= 4 is 29.1 Å². The van der Waals surface area contributed by atoms with Crippen LogP contribution >= 0.6 is 0 Å². The predicted octanol–water partition coefficient (Wildman–Crippen LogP) is 1.79. The van der Waals surface area contributed by atoms with E-state index in [0.29, 0.717) is 22.7 Å². The molecule has 8 heteroatoms. The number of nitrogens with one attached hydrogen (secondary N) is 2. The van der Waals surface area contributed by atoms with Crippen LogP contribution in [-0.2, 0) is 0 Å². The van der Waals surface area contributed by atoms with Crippen LogP contribution in [-0.4, -0.2) is 66.0 Å². The van der Waals surface area contributed by atoms with Gasteiger partial charge in [-0.05, 0) is 29.8 Å². The van der Waals surface area contributed by atoms with Gasteiger partial charge < -0.3 is 20.9 Å². The molecule has 1 aromatic carbocycles. The molecule has 3 heterocycles. The van der Waals surface area contributed by atoms with Crippen molar-refractivity contribution in [2.24, 2.45) is 10.7 Å². The van der Waals surface area contributed by atoms with Gasteiger partial charge in [0, 0.05) is 63.0 Å². The maximum absolute atomic E-state index is 12.7. The molecule has 2 aliphatic heterocycles. The van der Waals surface area contributed by atoms with Crippen LogP contribution in [0, 0.1) is 5.41 Å². The van der Waals surface area contributed by atoms with Crippen LogP contribution in [0.3, 0.4) is 0 Å². The summed E-state index contributed by atoms with van der Waals surface area (Å²) in [5, 5.41) is 11.3.